The highest BCUT2D eigenvalue weighted by atomic mass is 16.3. The Labute approximate surface area is 349 Å². The molecule has 0 spiro atoms. The molecule has 0 aliphatic heterocycles. The summed E-state index contributed by atoms with van der Waals surface area (Å²) in [4.78, 5) is 2.35. The van der Waals surface area contributed by atoms with Gasteiger partial charge in [0.1, 0.15) is 11.3 Å². The summed E-state index contributed by atoms with van der Waals surface area (Å²) in [6, 6.07) is 84.8. The number of hydrogen-bond acceptors (Lipinski definition) is 2. The SMILES string of the molecule is c1ccc(-c2ccc(N(c3ccc(-c4ccc(-c5ccccc5-c5cc6ccccc6o5)cc4)cc3)c3ccc(-c4cc5ccccc5c5ccccc45)cc3)cc2)cc1. The van der Waals surface area contributed by atoms with Crippen LogP contribution in [0.4, 0.5) is 17.1 Å². The molecule has 2 heteroatoms. The molecule has 0 saturated heterocycles. The van der Waals surface area contributed by atoms with Crippen LogP contribution in [-0.4, -0.2) is 0 Å². The van der Waals surface area contributed by atoms with Crippen molar-refractivity contribution in [2.24, 2.45) is 0 Å². The number of anilines is 3. The second-order valence-electron chi connectivity index (χ2n) is 15.3. The number of furan rings is 1. The maximum absolute atomic E-state index is 6.28. The molecule has 11 aromatic rings. The van der Waals surface area contributed by atoms with Gasteiger partial charge in [-0.15, -0.1) is 0 Å². The minimum absolute atomic E-state index is 0.877. The monoisotopic (exact) mass is 765 g/mol. The molecule has 0 fully saturated rings. The van der Waals surface area contributed by atoms with Crippen molar-refractivity contribution in [1.82, 2.24) is 0 Å². The van der Waals surface area contributed by atoms with Gasteiger partial charge in [0.25, 0.3) is 0 Å². The summed E-state index contributed by atoms with van der Waals surface area (Å²) in [5.74, 6) is 0.877. The number of para-hydroxylation sites is 1. The normalized spacial score (nSPS) is 11.3. The van der Waals surface area contributed by atoms with Gasteiger partial charge in [0.15, 0.2) is 0 Å². The van der Waals surface area contributed by atoms with Gasteiger partial charge < -0.3 is 9.32 Å². The smallest absolute Gasteiger partial charge is 0.136 e. The molecule has 0 aliphatic carbocycles. The predicted octanol–water partition coefficient (Wildman–Crippen LogP) is 16.5. The summed E-state index contributed by atoms with van der Waals surface area (Å²) >= 11 is 0. The summed E-state index contributed by atoms with van der Waals surface area (Å²) in [7, 11) is 0. The zero-order valence-electron chi connectivity index (χ0n) is 32.9. The Bertz CT molecular complexity index is 3240. The second kappa shape index (κ2) is 15.1. The highest BCUT2D eigenvalue weighted by molar-refractivity contribution is 6.13. The van der Waals surface area contributed by atoms with Crippen molar-refractivity contribution >= 4 is 49.6 Å². The summed E-state index contributed by atoms with van der Waals surface area (Å²) < 4.78 is 6.28. The van der Waals surface area contributed by atoms with Crippen molar-refractivity contribution < 1.29 is 4.42 Å². The molecule has 0 amide bonds. The summed E-state index contributed by atoms with van der Waals surface area (Å²) in [5, 5.41) is 6.17. The van der Waals surface area contributed by atoms with Gasteiger partial charge in [-0.2, -0.15) is 0 Å². The van der Waals surface area contributed by atoms with Crippen LogP contribution in [0.5, 0.6) is 0 Å². The third-order valence-corrected chi connectivity index (χ3v) is 11.7. The standard InChI is InChI=1S/C58H39NO/c1-2-12-40(13-3-1)42-26-32-48(33-27-42)59(50-36-30-45(31-37-50)56-38-46-14-4-6-17-52(46)53-18-8-9-19-54(53)56)49-34-28-43(29-35-49)41-22-24-44(25-23-41)51-16-7-10-20-55(51)58-39-47-15-5-11-21-57(47)60-58/h1-39H. The molecule has 11 rings (SSSR count). The van der Waals surface area contributed by atoms with E-state index in [9.17, 15) is 0 Å². The fourth-order valence-electron chi connectivity index (χ4n) is 8.67. The summed E-state index contributed by atoms with van der Waals surface area (Å²) in [6.45, 7) is 0. The lowest BCUT2D eigenvalue weighted by Crippen LogP contribution is -2.09. The first-order valence-electron chi connectivity index (χ1n) is 20.5. The third-order valence-electron chi connectivity index (χ3n) is 11.7. The van der Waals surface area contributed by atoms with Gasteiger partial charge in [-0.25, -0.2) is 0 Å². The van der Waals surface area contributed by atoms with Crippen LogP contribution in [0.1, 0.15) is 0 Å². The molecule has 2 nitrogen and oxygen atoms in total. The lowest BCUT2D eigenvalue weighted by atomic mass is 9.93. The molecular formula is C58H39NO. The minimum Gasteiger partial charge on any atom is -0.456 e. The zero-order valence-corrected chi connectivity index (χ0v) is 32.9. The molecule has 10 aromatic carbocycles. The van der Waals surface area contributed by atoms with E-state index in [1.807, 2.05) is 18.2 Å². The van der Waals surface area contributed by atoms with Crippen LogP contribution < -0.4 is 4.90 Å². The molecule has 1 aromatic heterocycles. The van der Waals surface area contributed by atoms with E-state index in [0.717, 1.165) is 61.6 Å². The number of rotatable bonds is 8. The number of hydrogen-bond donors (Lipinski definition) is 0. The van der Waals surface area contributed by atoms with E-state index < -0.39 is 0 Å². The Balaban J connectivity index is 0.930. The van der Waals surface area contributed by atoms with E-state index in [4.69, 9.17) is 4.42 Å². The Kier molecular flexibility index (Phi) is 8.87. The molecule has 282 valence electrons. The van der Waals surface area contributed by atoms with Crippen LogP contribution in [0.3, 0.4) is 0 Å². The molecule has 0 saturated carbocycles. The number of fused-ring (bicyclic) bond motifs is 4. The average Bonchev–Trinajstić information content (AvgIpc) is 3.77. The lowest BCUT2D eigenvalue weighted by Gasteiger charge is -2.26. The molecule has 0 bridgehead atoms. The maximum Gasteiger partial charge on any atom is 0.136 e. The number of nitrogens with zero attached hydrogens (tertiary/aromatic N) is 1. The highest BCUT2D eigenvalue weighted by Crippen LogP contribution is 2.41. The van der Waals surface area contributed by atoms with Crippen LogP contribution in [0, 0.1) is 0 Å². The minimum atomic E-state index is 0.877. The van der Waals surface area contributed by atoms with Crippen LogP contribution in [0.25, 0.3) is 88.3 Å². The molecular weight excluding hydrogens is 727 g/mol. The van der Waals surface area contributed by atoms with Crippen LogP contribution in [-0.2, 0) is 0 Å². The van der Waals surface area contributed by atoms with Gasteiger partial charge >= 0.3 is 0 Å². The van der Waals surface area contributed by atoms with Crippen molar-refractivity contribution in [2.45, 2.75) is 0 Å². The van der Waals surface area contributed by atoms with Crippen molar-refractivity contribution in [1.29, 1.82) is 0 Å². The second-order valence-corrected chi connectivity index (χ2v) is 15.3. The molecule has 1 heterocycles. The fraction of sp³-hybridized carbons (Fsp3) is 0. The van der Waals surface area contributed by atoms with E-state index >= 15 is 0 Å². The number of benzene rings is 10. The molecule has 0 N–H and O–H groups in total. The Hall–Kier alpha value is -7.94. The van der Waals surface area contributed by atoms with Gasteiger partial charge in [-0.1, -0.05) is 182 Å². The first-order chi connectivity index (χ1) is 29.7. The van der Waals surface area contributed by atoms with E-state index in [2.05, 4.69) is 223 Å². The fourth-order valence-corrected chi connectivity index (χ4v) is 8.67. The van der Waals surface area contributed by atoms with Crippen molar-refractivity contribution in [3.05, 3.63) is 237 Å². The molecule has 60 heavy (non-hydrogen) atoms. The maximum atomic E-state index is 6.28. The van der Waals surface area contributed by atoms with E-state index in [1.54, 1.807) is 0 Å². The first-order valence-corrected chi connectivity index (χ1v) is 20.5. The van der Waals surface area contributed by atoms with E-state index in [-0.39, 0.29) is 0 Å². The zero-order chi connectivity index (χ0) is 39.8. The Morgan fingerprint density at radius 1 is 0.267 bits per heavy atom. The Morgan fingerprint density at radius 3 is 1.33 bits per heavy atom. The predicted molar refractivity (Wildman–Crippen MR) is 253 cm³/mol. The van der Waals surface area contributed by atoms with E-state index in [1.165, 1.54) is 43.8 Å². The highest BCUT2D eigenvalue weighted by Gasteiger charge is 2.16. The summed E-state index contributed by atoms with van der Waals surface area (Å²) in [6.07, 6.45) is 0. The quantitative estimate of drug-likeness (QED) is 0.143. The van der Waals surface area contributed by atoms with Crippen molar-refractivity contribution in [3.8, 4) is 55.8 Å². The van der Waals surface area contributed by atoms with Gasteiger partial charge in [0.2, 0.25) is 0 Å². The topological polar surface area (TPSA) is 16.4 Å². The molecule has 0 aliphatic rings. The van der Waals surface area contributed by atoms with Gasteiger partial charge in [-0.05, 0) is 121 Å². The average molecular weight is 766 g/mol. The lowest BCUT2D eigenvalue weighted by molar-refractivity contribution is 0.632. The Morgan fingerprint density at radius 2 is 0.700 bits per heavy atom. The van der Waals surface area contributed by atoms with Gasteiger partial charge in [0, 0.05) is 28.0 Å². The van der Waals surface area contributed by atoms with Crippen LogP contribution >= 0.6 is 0 Å². The third kappa shape index (κ3) is 6.51. The van der Waals surface area contributed by atoms with Crippen LogP contribution in [0.2, 0.25) is 0 Å². The molecule has 0 atom stereocenters. The van der Waals surface area contributed by atoms with Gasteiger partial charge in [-0.3, -0.25) is 0 Å². The van der Waals surface area contributed by atoms with E-state index in [0.29, 0.717) is 0 Å². The summed E-state index contributed by atoms with van der Waals surface area (Å²) in [5.41, 5.74) is 14.7. The molecule has 0 unspecified atom stereocenters. The first kappa shape index (κ1) is 35.2. The van der Waals surface area contributed by atoms with Crippen LogP contribution in [0.15, 0.2) is 241 Å². The van der Waals surface area contributed by atoms with Crippen molar-refractivity contribution in [2.75, 3.05) is 4.90 Å². The van der Waals surface area contributed by atoms with Crippen molar-refractivity contribution in [3.63, 3.8) is 0 Å². The molecule has 0 radical (unpaired) electrons. The van der Waals surface area contributed by atoms with Gasteiger partial charge in [0.05, 0.1) is 0 Å². The largest absolute Gasteiger partial charge is 0.456 e.